The van der Waals surface area contributed by atoms with Gasteiger partial charge in [-0.25, -0.2) is 0 Å². The molecule has 6 heteroatoms. The predicted octanol–water partition coefficient (Wildman–Crippen LogP) is 4.00. The van der Waals surface area contributed by atoms with Gasteiger partial charge in [0, 0.05) is 11.9 Å². The Labute approximate surface area is 155 Å². The van der Waals surface area contributed by atoms with Gasteiger partial charge in [-0.3, -0.25) is 9.59 Å². The number of benzene rings is 2. The van der Waals surface area contributed by atoms with Gasteiger partial charge in [0.1, 0.15) is 17.4 Å². The lowest BCUT2D eigenvalue weighted by Crippen LogP contribution is -2.30. The average molecular weight is 369 g/mol. The Hall–Kier alpha value is -2.79. The first-order valence-corrected chi connectivity index (χ1v) is 8.73. The topological polar surface area (TPSA) is 60.3 Å². The van der Waals surface area contributed by atoms with E-state index in [-0.39, 0.29) is 11.7 Å². The summed E-state index contributed by atoms with van der Waals surface area (Å²) in [5, 5.41) is 3.44. The lowest BCUT2D eigenvalue weighted by atomic mass is 10.1. The highest BCUT2D eigenvalue weighted by Gasteiger charge is 2.24. The predicted molar refractivity (Wildman–Crippen MR) is 102 cm³/mol. The third-order valence-electron chi connectivity index (χ3n) is 4.55. The van der Waals surface area contributed by atoms with E-state index < -0.39 is 11.3 Å². The minimum absolute atomic E-state index is 0.0638. The number of halogens is 1. The number of carbonyl (C=O) groups excluding carboxylic acids is 1. The van der Waals surface area contributed by atoms with Crippen molar-refractivity contribution in [2.75, 3.05) is 5.32 Å². The van der Waals surface area contributed by atoms with Crippen molar-refractivity contribution < 1.29 is 9.53 Å². The summed E-state index contributed by atoms with van der Waals surface area (Å²) < 4.78 is 7.68. The van der Waals surface area contributed by atoms with Crippen LogP contribution in [0.4, 0.5) is 5.69 Å². The second-order valence-corrected chi connectivity index (χ2v) is 6.90. The molecule has 1 aliphatic heterocycles. The molecule has 1 amide bonds. The molecule has 0 bridgehead atoms. The molecule has 0 fully saturated rings. The van der Waals surface area contributed by atoms with Crippen LogP contribution >= 0.6 is 11.6 Å². The number of carbonyl (C=O) groups is 1. The second-order valence-electron chi connectivity index (χ2n) is 6.49. The minimum atomic E-state index is -0.449. The highest BCUT2D eigenvalue weighted by Crippen LogP contribution is 2.33. The summed E-state index contributed by atoms with van der Waals surface area (Å²) in [6.07, 6.45) is 1.53. The minimum Gasteiger partial charge on any atom is -0.487 e. The van der Waals surface area contributed by atoms with Gasteiger partial charge in [-0.05, 0) is 37.6 Å². The lowest BCUT2D eigenvalue weighted by molar-refractivity contribution is 0.102. The third-order valence-corrected chi connectivity index (χ3v) is 4.87. The molecule has 1 aliphatic rings. The van der Waals surface area contributed by atoms with Crippen molar-refractivity contribution in [3.63, 3.8) is 0 Å². The van der Waals surface area contributed by atoms with E-state index in [1.807, 2.05) is 36.6 Å². The van der Waals surface area contributed by atoms with Gasteiger partial charge in [0.25, 0.3) is 5.91 Å². The molecular weight excluding hydrogens is 352 g/mol. The number of hydrogen-bond donors (Lipinski definition) is 1. The molecule has 5 nitrogen and oxygen atoms in total. The van der Waals surface area contributed by atoms with Gasteiger partial charge in [-0.15, -0.1) is 0 Å². The fraction of sp³-hybridized carbons (Fsp3) is 0.200. The molecule has 1 N–H and O–H groups in total. The highest BCUT2D eigenvalue weighted by atomic mass is 35.5. The molecule has 4 rings (SSSR count). The zero-order valence-electron chi connectivity index (χ0n) is 14.4. The van der Waals surface area contributed by atoms with Gasteiger partial charge in [-0.1, -0.05) is 29.8 Å². The van der Waals surface area contributed by atoms with Crippen molar-refractivity contribution >= 4 is 34.1 Å². The number of ether oxygens (including phenoxy) is 1. The molecule has 132 valence electrons. The Morgan fingerprint density at radius 3 is 2.81 bits per heavy atom. The van der Waals surface area contributed by atoms with Crippen LogP contribution in [0.25, 0.3) is 10.9 Å². The first-order valence-electron chi connectivity index (χ1n) is 8.35. The Morgan fingerprint density at radius 2 is 2.04 bits per heavy atom. The van der Waals surface area contributed by atoms with E-state index in [2.05, 4.69) is 5.32 Å². The first-order chi connectivity index (χ1) is 12.5. The maximum atomic E-state index is 13.0. The third kappa shape index (κ3) is 2.65. The summed E-state index contributed by atoms with van der Waals surface area (Å²) in [6.45, 7) is 4.37. The smallest absolute Gasteiger partial charge is 0.261 e. The normalized spacial score (nSPS) is 15.6. The highest BCUT2D eigenvalue weighted by molar-refractivity contribution is 6.35. The van der Waals surface area contributed by atoms with Crippen LogP contribution in [0, 0.1) is 6.92 Å². The molecule has 0 radical (unpaired) electrons. The van der Waals surface area contributed by atoms with Crippen molar-refractivity contribution in [2.45, 2.75) is 26.5 Å². The number of nitrogens with zero attached hydrogens (tertiary/aromatic N) is 1. The fourth-order valence-corrected chi connectivity index (χ4v) is 3.54. The Morgan fingerprint density at radius 1 is 1.27 bits per heavy atom. The zero-order valence-corrected chi connectivity index (χ0v) is 15.1. The summed E-state index contributed by atoms with van der Waals surface area (Å²) in [5.41, 5.74) is 1.90. The van der Waals surface area contributed by atoms with Crippen LogP contribution in [0.15, 0.2) is 47.4 Å². The Kier molecular flexibility index (Phi) is 3.96. The van der Waals surface area contributed by atoms with Crippen LogP contribution in [-0.2, 0) is 6.54 Å². The van der Waals surface area contributed by atoms with E-state index in [1.165, 1.54) is 0 Å². The van der Waals surface area contributed by atoms with Gasteiger partial charge >= 0.3 is 0 Å². The number of amides is 1. The van der Waals surface area contributed by atoms with E-state index in [9.17, 15) is 9.59 Å². The van der Waals surface area contributed by atoms with E-state index >= 15 is 0 Å². The van der Waals surface area contributed by atoms with Crippen LogP contribution in [0.2, 0.25) is 5.02 Å². The molecule has 0 saturated carbocycles. The van der Waals surface area contributed by atoms with Gasteiger partial charge in [0.05, 0.1) is 22.5 Å². The molecular formula is C20H17ClN2O3. The quantitative estimate of drug-likeness (QED) is 0.743. The number of hydrogen-bond acceptors (Lipinski definition) is 3. The Bertz CT molecular complexity index is 1100. The number of rotatable bonds is 2. The summed E-state index contributed by atoms with van der Waals surface area (Å²) in [4.78, 5) is 25.8. The SMILES string of the molecule is Cc1ccccc1NC(=O)c1cn2c3c(ccc(Cl)c3c1=O)OC(C)C2. The van der Waals surface area contributed by atoms with Crippen LogP contribution in [0.5, 0.6) is 5.75 Å². The number of aromatic nitrogens is 1. The van der Waals surface area contributed by atoms with Gasteiger partial charge in [0.15, 0.2) is 0 Å². The summed E-state index contributed by atoms with van der Waals surface area (Å²) >= 11 is 6.29. The molecule has 0 saturated heterocycles. The standard InChI is InChI=1S/C20H17ClN2O3/c1-11-5-3-4-6-15(11)22-20(25)13-10-23-9-12(2)26-16-8-7-14(21)17(18(16)23)19(13)24/h3-8,10,12H,9H2,1-2H3,(H,22,25). The molecule has 1 aromatic heterocycles. The van der Waals surface area contributed by atoms with Crippen molar-refractivity contribution in [3.05, 3.63) is 69.0 Å². The fourth-order valence-electron chi connectivity index (χ4n) is 3.30. The van der Waals surface area contributed by atoms with E-state index in [4.69, 9.17) is 16.3 Å². The number of anilines is 1. The Balaban J connectivity index is 1.88. The van der Waals surface area contributed by atoms with E-state index in [0.717, 1.165) is 5.56 Å². The summed E-state index contributed by atoms with van der Waals surface area (Å²) in [7, 11) is 0. The zero-order chi connectivity index (χ0) is 18.4. The number of aryl methyl sites for hydroxylation is 1. The molecule has 3 aromatic rings. The molecule has 1 atom stereocenters. The lowest BCUT2D eigenvalue weighted by Gasteiger charge is -2.26. The van der Waals surface area contributed by atoms with Crippen LogP contribution in [-0.4, -0.2) is 16.6 Å². The van der Waals surface area contributed by atoms with Crippen molar-refractivity contribution in [1.82, 2.24) is 4.57 Å². The maximum absolute atomic E-state index is 13.0. The van der Waals surface area contributed by atoms with Gasteiger partial charge in [0.2, 0.25) is 5.43 Å². The number of pyridine rings is 1. The van der Waals surface area contributed by atoms with Crippen molar-refractivity contribution in [3.8, 4) is 5.75 Å². The number of nitrogens with one attached hydrogen (secondary N) is 1. The monoisotopic (exact) mass is 368 g/mol. The molecule has 2 aromatic carbocycles. The second kappa shape index (κ2) is 6.18. The van der Waals surface area contributed by atoms with E-state index in [0.29, 0.717) is 33.9 Å². The molecule has 26 heavy (non-hydrogen) atoms. The van der Waals surface area contributed by atoms with E-state index in [1.54, 1.807) is 24.4 Å². The summed E-state index contributed by atoms with van der Waals surface area (Å²) in [6, 6.07) is 10.8. The van der Waals surface area contributed by atoms with Crippen molar-refractivity contribution in [1.29, 1.82) is 0 Å². The largest absolute Gasteiger partial charge is 0.487 e. The van der Waals surface area contributed by atoms with Gasteiger partial charge < -0.3 is 14.6 Å². The van der Waals surface area contributed by atoms with Crippen LogP contribution < -0.4 is 15.5 Å². The molecule has 1 unspecified atom stereocenters. The summed E-state index contributed by atoms with van der Waals surface area (Å²) in [5.74, 6) is 0.154. The van der Waals surface area contributed by atoms with Crippen LogP contribution in [0.1, 0.15) is 22.8 Å². The van der Waals surface area contributed by atoms with Gasteiger partial charge in [-0.2, -0.15) is 0 Å². The average Bonchev–Trinajstić information content (AvgIpc) is 2.60. The molecule has 2 heterocycles. The van der Waals surface area contributed by atoms with Crippen LogP contribution in [0.3, 0.4) is 0 Å². The van der Waals surface area contributed by atoms with Crippen molar-refractivity contribution in [2.24, 2.45) is 0 Å². The first kappa shape index (κ1) is 16.7. The molecule has 0 aliphatic carbocycles. The maximum Gasteiger partial charge on any atom is 0.261 e. The molecule has 0 spiro atoms. The number of para-hydroxylation sites is 1.